The second kappa shape index (κ2) is 3.30. The Hall–Kier alpha value is -1.98. The van der Waals surface area contributed by atoms with Gasteiger partial charge in [0.1, 0.15) is 0 Å². The van der Waals surface area contributed by atoms with Crippen LogP contribution >= 0.6 is 0 Å². The van der Waals surface area contributed by atoms with Crippen LogP contribution in [0.5, 0.6) is 0 Å². The molecule has 6 nitrogen and oxygen atoms in total. The van der Waals surface area contributed by atoms with Crippen LogP contribution < -0.4 is 0 Å². The van der Waals surface area contributed by atoms with Gasteiger partial charge in [0.2, 0.25) is 0 Å². The van der Waals surface area contributed by atoms with E-state index in [4.69, 9.17) is 0 Å². The fourth-order valence-corrected chi connectivity index (χ4v) is 1.64. The lowest BCUT2D eigenvalue weighted by Crippen LogP contribution is -1.97. The summed E-state index contributed by atoms with van der Waals surface area (Å²) in [5.74, 6) is 0. The Morgan fingerprint density at radius 3 is 2.53 bits per heavy atom. The van der Waals surface area contributed by atoms with Crippen molar-refractivity contribution in [2.24, 2.45) is 0 Å². The third kappa shape index (κ3) is 1.54. The molecule has 0 spiro atoms. The molecule has 0 amide bonds. The normalized spacial score (nSPS) is 13.6. The van der Waals surface area contributed by atoms with Crippen molar-refractivity contribution in [1.29, 1.82) is 0 Å². The molecular weight excluding hydrogens is 200 g/mol. The molecule has 76 valence electrons. The second-order valence-electron chi connectivity index (χ2n) is 3.19. The molecule has 0 aromatic heterocycles. The minimum absolute atomic E-state index is 0.225. The number of nitrogens with zero attached hydrogens (tertiary/aromatic N) is 2. The van der Waals surface area contributed by atoms with Gasteiger partial charge in [-0.3, -0.25) is 20.2 Å². The smallest absolute Gasteiger partial charge is 0.258 e. The standard InChI is InChI=1S/C9H6N2O4/c12-10(13)7-4-6-2-1-3-8(6)9(5-7)11(14)15/h4-5H,1-2H2. The molecule has 0 atom stereocenters. The Morgan fingerprint density at radius 2 is 1.93 bits per heavy atom. The van der Waals surface area contributed by atoms with Gasteiger partial charge in [-0.25, -0.2) is 0 Å². The lowest BCUT2D eigenvalue weighted by Gasteiger charge is -2.00. The van der Waals surface area contributed by atoms with Crippen molar-refractivity contribution in [2.45, 2.75) is 12.8 Å². The van der Waals surface area contributed by atoms with Crippen molar-refractivity contribution >= 4 is 11.4 Å². The molecule has 15 heavy (non-hydrogen) atoms. The van der Waals surface area contributed by atoms with E-state index >= 15 is 0 Å². The third-order valence-corrected chi connectivity index (χ3v) is 2.29. The van der Waals surface area contributed by atoms with Crippen LogP contribution in [0.4, 0.5) is 11.4 Å². The molecule has 2 rings (SSSR count). The summed E-state index contributed by atoms with van der Waals surface area (Å²) in [6.45, 7) is 0. The molecule has 6 heteroatoms. The first-order valence-corrected chi connectivity index (χ1v) is 4.29. The van der Waals surface area contributed by atoms with Crippen molar-refractivity contribution in [1.82, 2.24) is 0 Å². The van der Waals surface area contributed by atoms with Gasteiger partial charge < -0.3 is 0 Å². The molecule has 0 heterocycles. The maximum Gasteiger partial charge on any atom is 0.280 e. The third-order valence-electron chi connectivity index (χ3n) is 2.29. The van der Waals surface area contributed by atoms with Crippen molar-refractivity contribution in [3.8, 4) is 0 Å². The molecule has 0 unspecified atom stereocenters. The Labute approximate surface area is 84.8 Å². The predicted octanol–water partition coefficient (Wildman–Crippen LogP) is 1.88. The topological polar surface area (TPSA) is 86.3 Å². The summed E-state index contributed by atoms with van der Waals surface area (Å²) in [5.41, 5.74) is 0.586. The number of aryl methyl sites for hydroxylation is 1. The first kappa shape index (κ1) is 9.57. The second-order valence-corrected chi connectivity index (χ2v) is 3.19. The monoisotopic (exact) mass is 206 g/mol. The number of fused-ring (bicyclic) bond motifs is 1. The Kier molecular flexibility index (Phi) is 2.11. The van der Waals surface area contributed by atoms with E-state index < -0.39 is 9.85 Å². The summed E-state index contributed by atoms with van der Waals surface area (Å²) < 4.78 is 0. The zero-order valence-corrected chi connectivity index (χ0v) is 7.60. The highest BCUT2D eigenvalue weighted by atomic mass is 16.6. The summed E-state index contributed by atoms with van der Waals surface area (Å²) in [6.07, 6.45) is 4.01. The number of hydrogen-bond donors (Lipinski definition) is 0. The molecule has 2 radical (unpaired) electrons. The van der Waals surface area contributed by atoms with Crippen molar-refractivity contribution in [2.75, 3.05) is 0 Å². The van der Waals surface area contributed by atoms with Crippen LogP contribution in [-0.4, -0.2) is 9.85 Å². The maximum atomic E-state index is 10.7. The van der Waals surface area contributed by atoms with Crippen molar-refractivity contribution in [3.05, 3.63) is 49.9 Å². The Morgan fingerprint density at radius 1 is 1.20 bits per heavy atom. The van der Waals surface area contributed by atoms with E-state index in [1.807, 2.05) is 0 Å². The van der Waals surface area contributed by atoms with Crippen molar-refractivity contribution < 1.29 is 9.85 Å². The van der Waals surface area contributed by atoms with E-state index in [-0.39, 0.29) is 11.4 Å². The minimum Gasteiger partial charge on any atom is -0.258 e. The largest absolute Gasteiger partial charge is 0.280 e. The highest BCUT2D eigenvalue weighted by Gasteiger charge is 2.26. The first-order chi connectivity index (χ1) is 7.09. The van der Waals surface area contributed by atoms with Gasteiger partial charge in [-0.2, -0.15) is 0 Å². The van der Waals surface area contributed by atoms with Gasteiger partial charge in [0, 0.05) is 18.1 Å². The summed E-state index contributed by atoms with van der Waals surface area (Å²) >= 11 is 0. The molecule has 1 aliphatic carbocycles. The van der Waals surface area contributed by atoms with Crippen LogP contribution in [0.15, 0.2) is 12.1 Å². The Balaban J connectivity index is 2.62. The fraction of sp³-hybridized carbons (Fsp3) is 0.222. The molecule has 0 saturated heterocycles. The summed E-state index contributed by atoms with van der Waals surface area (Å²) in [6, 6.07) is 2.36. The van der Waals surface area contributed by atoms with E-state index in [1.54, 1.807) is 0 Å². The van der Waals surface area contributed by atoms with Crippen LogP contribution in [0, 0.1) is 26.6 Å². The maximum absolute atomic E-state index is 10.7. The van der Waals surface area contributed by atoms with E-state index in [2.05, 4.69) is 6.42 Å². The van der Waals surface area contributed by atoms with Gasteiger partial charge in [0.15, 0.2) is 0 Å². The van der Waals surface area contributed by atoms with E-state index in [1.165, 1.54) is 6.07 Å². The molecular formula is C9H6N2O4. The Bertz CT molecular complexity index is 456. The number of nitro groups is 2. The average molecular weight is 206 g/mol. The summed E-state index contributed by atoms with van der Waals surface area (Å²) in [7, 11) is 0. The molecule has 1 aromatic rings. The van der Waals surface area contributed by atoms with Gasteiger partial charge in [0.25, 0.3) is 11.4 Å². The van der Waals surface area contributed by atoms with Gasteiger partial charge >= 0.3 is 0 Å². The highest BCUT2D eigenvalue weighted by Crippen LogP contribution is 2.35. The van der Waals surface area contributed by atoms with Crippen LogP contribution in [0.25, 0.3) is 0 Å². The molecule has 0 fully saturated rings. The quantitative estimate of drug-likeness (QED) is 0.546. The number of non-ortho nitro benzene ring substituents is 1. The zero-order valence-electron chi connectivity index (χ0n) is 7.60. The van der Waals surface area contributed by atoms with Gasteiger partial charge in [-0.05, 0) is 18.4 Å². The number of hydrogen-bond acceptors (Lipinski definition) is 4. The first-order valence-electron chi connectivity index (χ1n) is 4.29. The lowest BCUT2D eigenvalue weighted by atomic mass is 10.1. The number of benzene rings is 1. The van der Waals surface area contributed by atoms with Gasteiger partial charge in [-0.1, -0.05) is 0 Å². The van der Waals surface area contributed by atoms with Crippen LogP contribution in [-0.2, 0) is 6.42 Å². The van der Waals surface area contributed by atoms with Crippen LogP contribution in [0.1, 0.15) is 17.5 Å². The number of rotatable bonds is 2. The minimum atomic E-state index is -0.619. The SMILES string of the molecule is O=[N+]([O-])c1cc2c(c([N+](=O)[O-])c1)[C]CC2. The summed E-state index contributed by atoms with van der Waals surface area (Å²) in [4.78, 5) is 20.0. The molecule has 0 bridgehead atoms. The molecule has 0 saturated carbocycles. The van der Waals surface area contributed by atoms with Gasteiger partial charge in [-0.15, -0.1) is 0 Å². The molecule has 0 aliphatic heterocycles. The molecule has 1 aromatic carbocycles. The zero-order chi connectivity index (χ0) is 11.0. The van der Waals surface area contributed by atoms with Gasteiger partial charge in [0.05, 0.1) is 15.9 Å². The van der Waals surface area contributed by atoms with E-state index in [9.17, 15) is 20.2 Å². The van der Waals surface area contributed by atoms with E-state index in [0.29, 0.717) is 24.0 Å². The molecule has 0 N–H and O–H groups in total. The lowest BCUT2D eigenvalue weighted by molar-refractivity contribution is -0.394. The average Bonchev–Trinajstić information content (AvgIpc) is 2.62. The highest BCUT2D eigenvalue weighted by molar-refractivity contribution is 5.58. The predicted molar refractivity (Wildman–Crippen MR) is 50.4 cm³/mol. The van der Waals surface area contributed by atoms with Crippen molar-refractivity contribution in [3.63, 3.8) is 0 Å². The summed E-state index contributed by atoms with van der Waals surface area (Å²) in [5, 5.41) is 21.2. The van der Waals surface area contributed by atoms with E-state index in [0.717, 1.165) is 6.07 Å². The molecule has 1 aliphatic rings. The van der Waals surface area contributed by atoms with Crippen LogP contribution in [0.3, 0.4) is 0 Å². The number of nitro benzene ring substituents is 2. The van der Waals surface area contributed by atoms with Crippen LogP contribution in [0.2, 0.25) is 0 Å². The fourth-order valence-electron chi connectivity index (χ4n) is 1.64.